The molecule has 0 spiro atoms. The van der Waals surface area contributed by atoms with Gasteiger partial charge in [0.05, 0.1) is 8.41 Å². The van der Waals surface area contributed by atoms with Crippen LogP contribution in [0.15, 0.2) is 51.0 Å². The van der Waals surface area contributed by atoms with Crippen LogP contribution in [0.3, 0.4) is 0 Å². The van der Waals surface area contributed by atoms with Gasteiger partial charge in [0.15, 0.2) is 5.71 Å². The first-order valence-electron chi connectivity index (χ1n) is 7.83. The molecule has 27 heavy (non-hydrogen) atoms. The van der Waals surface area contributed by atoms with Gasteiger partial charge >= 0.3 is 0 Å². The molecule has 0 aliphatic heterocycles. The monoisotopic (exact) mass is 514 g/mol. The molecule has 0 saturated heterocycles. The van der Waals surface area contributed by atoms with Crippen LogP contribution in [0.5, 0.6) is 5.75 Å². The van der Waals surface area contributed by atoms with Gasteiger partial charge in [-0.05, 0) is 55.1 Å². The Balaban J connectivity index is 2.32. The number of benzene rings is 2. The third-order valence-corrected chi connectivity index (χ3v) is 4.40. The van der Waals surface area contributed by atoms with Crippen molar-refractivity contribution in [1.82, 2.24) is 5.32 Å². The van der Waals surface area contributed by atoms with E-state index in [4.69, 9.17) is 21.2 Å². The van der Waals surface area contributed by atoms with Crippen molar-refractivity contribution in [2.24, 2.45) is 5.16 Å². The highest BCUT2D eigenvalue weighted by Gasteiger charge is 2.18. The lowest BCUT2D eigenvalue weighted by Crippen LogP contribution is -2.29. The molecule has 0 atom stereocenters. The summed E-state index contributed by atoms with van der Waals surface area (Å²) in [6.45, 7) is 0.207. The van der Waals surface area contributed by atoms with Crippen molar-refractivity contribution >= 4 is 61.2 Å². The first kappa shape index (κ1) is 21.5. The molecule has 142 valence electrons. The van der Waals surface area contributed by atoms with Crippen molar-refractivity contribution in [3.63, 3.8) is 0 Å². The number of carbonyl (C=O) groups excluding carboxylic acids is 1. The number of hydrogen-bond donors (Lipinski definition) is 1. The van der Waals surface area contributed by atoms with E-state index in [0.29, 0.717) is 16.3 Å². The molecule has 0 saturated carbocycles. The number of likely N-dealkylation sites (N-methyl/N-ethyl adjacent to an activating group) is 1. The van der Waals surface area contributed by atoms with E-state index < -0.39 is 0 Å². The number of halogens is 3. The predicted octanol–water partition coefficient (Wildman–Crippen LogP) is 5.10. The topological polar surface area (TPSA) is 59.9 Å². The van der Waals surface area contributed by atoms with Crippen LogP contribution in [0.4, 0.5) is 0 Å². The smallest absolute Gasteiger partial charge is 0.273 e. The first-order chi connectivity index (χ1) is 13.0. The summed E-state index contributed by atoms with van der Waals surface area (Å²) in [5.41, 5.74) is 2.37. The maximum Gasteiger partial charge on any atom is 0.273 e. The number of ether oxygens (including phenoxy) is 1. The van der Waals surface area contributed by atoms with E-state index in [9.17, 15) is 4.79 Å². The average molecular weight is 517 g/mol. The van der Waals surface area contributed by atoms with Gasteiger partial charge in [-0.2, -0.15) is 0 Å². The molecule has 0 heterocycles. The molecule has 0 aromatic heterocycles. The maximum atomic E-state index is 12.1. The number of rotatable bonds is 7. The summed E-state index contributed by atoms with van der Waals surface area (Å²) in [4.78, 5) is 17.0. The van der Waals surface area contributed by atoms with Gasteiger partial charge in [-0.25, -0.2) is 0 Å². The van der Waals surface area contributed by atoms with Crippen molar-refractivity contribution < 1.29 is 14.4 Å². The minimum absolute atomic E-state index is 0.171. The number of nitrogens with one attached hydrogen (secondary N) is 1. The Morgan fingerprint density at radius 1 is 1.22 bits per heavy atom. The second-order valence-corrected chi connectivity index (χ2v) is 8.39. The van der Waals surface area contributed by atoms with Gasteiger partial charge in [0.2, 0.25) is 0 Å². The Kier molecular flexibility index (Phi) is 8.34. The molecule has 0 bridgehead atoms. The fraction of sp³-hybridized carbons (Fsp3) is 0.158. The number of oxime groups is 1. The van der Waals surface area contributed by atoms with Gasteiger partial charge in [0.1, 0.15) is 19.5 Å². The third-order valence-electron chi connectivity index (χ3n) is 3.54. The fourth-order valence-corrected chi connectivity index (χ4v) is 3.05. The van der Waals surface area contributed by atoms with Crippen LogP contribution in [0, 0.1) is 0 Å². The van der Waals surface area contributed by atoms with Crippen molar-refractivity contribution in [3.05, 3.63) is 67.6 Å². The van der Waals surface area contributed by atoms with Crippen LogP contribution in [0.2, 0.25) is 5.02 Å². The molecule has 0 aliphatic rings. The van der Waals surface area contributed by atoms with Gasteiger partial charge in [-0.3, -0.25) is 4.79 Å². The lowest BCUT2D eigenvalue weighted by Gasteiger charge is -2.13. The van der Waals surface area contributed by atoms with Gasteiger partial charge in [0, 0.05) is 12.6 Å². The molecule has 0 radical (unpaired) electrons. The van der Waals surface area contributed by atoms with Gasteiger partial charge in [-0.1, -0.05) is 53.2 Å². The van der Waals surface area contributed by atoms with Crippen LogP contribution in [-0.4, -0.2) is 25.8 Å². The number of hydrogen-bond acceptors (Lipinski definition) is 4. The maximum absolute atomic E-state index is 12.1. The second kappa shape index (κ2) is 10.5. The Bertz CT molecular complexity index is 881. The van der Waals surface area contributed by atoms with Crippen molar-refractivity contribution in [1.29, 1.82) is 0 Å². The molecule has 5 nitrogen and oxygen atoms in total. The summed E-state index contributed by atoms with van der Waals surface area (Å²) in [7, 11) is 2.93. The zero-order valence-corrected chi connectivity index (χ0v) is 18.6. The van der Waals surface area contributed by atoms with E-state index in [-0.39, 0.29) is 18.2 Å². The zero-order chi connectivity index (χ0) is 19.8. The van der Waals surface area contributed by atoms with Crippen LogP contribution >= 0.6 is 43.5 Å². The minimum atomic E-state index is -0.350. The summed E-state index contributed by atoms with van der Waals surface area (Å²) in [5, 5.41) is 6.90. The van der Waals surface area contributed by atoms with Crippen LogP contribution in [0.1, 0.15) is 16.7 Å². The number of carbonyl (C=O) groups is 1. The molecule has 1 amide bonds. The van der Waals surface area contributed by atoms with E-state index in [1.54, 1.807) is 12.1 Å². The van der Waals surface area contributed by atoms with Crippen LogP contribution in [0.25, 0.3) is 6.08 Å². The quantitative estimate of drug-likeness (QED) is 0.411. The SMILES string of the molecule is CNC(=O)C(=NOC)c1ccccc1COc1cccc(C=C(Br)Br)c1Cl. The lowest BCUT2D eigenvalue weighted by molar-refractivity contribution is -0.114. The molecule has 0 aliphatic carbocycles. The first-order valence-corrected chi connectivity index (χ1v) is 9.79. The standard InChI is InChI=1S/C19H17Br2ClN2O3/c1-23-19(25)18(24-26-2)14-8-4-3-6-13(14)11-27-15-9-5-7-12(17(15)22)10-16(20)21/h3-10H,11H2,1-2H3,(H,23,25). The third kappa shape index (κ3) is 5.82. The van der Waals surface area contributed by atoms with Crippen molar-refractivity contribution in [3.8, 4) is 5.75 Å². The molecular formula is C19H17Br2ClN2O3. The van der Waals surface area contributed by atoms with E-state index >= 15 is 0 Å². The Hall–Kier alpha value is -1.83. The van der Waals surface area contributed by atoms with E-state index in [2.05, 4.69) is 42.3 Å². The Labute approximate surface area is 179 Å². The molecule has 2 rings (SSSR count). The molecular weight excluding hydrogens is 499 g/mol. The Morgan fingerprint density at radius 2 is 1.96 bits per heavy atom. The van der Waals surface area contributed by atoms with Crippen molar-refractivity contribution in [2.45, 2.75) is 6.61 Å². The highest BCUT2D eigenvalue weighted by Crippen LogP contribution is 2.32. The molecule has 0 unspecified atom stereocenters. The summed E-state index contributed by atoms with van der Waals surface area (Å²) in [6.07, 6.45) is 1.83. The molecule has 0 fully saturated rings. The summed E-state index contributed by atoms with van der Waals surface area (Å²) in [6, 6.07) is 12.8. The molecule has 8 heteroatoms. The average Bonchev–Trinajstić information content (AvgIpc) is 2.66. The van der Waals surface area contributed by atoms with E-state index in [1.165, 1.54) is 14.2 Å². The normalized spacial score (nSPS) is 10.9. The highest BCUT2D eigenvalue weighted by atomic mass is 79.9. The van der Waals surface area contributed by atoms with E-state index in [1.807, 2.05) is 36.4 Å². The fourth-order valence-electron chi connectivity index (χ4n) is 2.32. The summed E-state index contributed by atoms with van der Waals surface area (Å²) >= 11 is 13.1. The lowest BCUT2D eigenvalue weighted by atomic mass is 10.0. The second-order valence-electron chi connectivity index (χ2n) is 5.24. The predicted molar refractivity (Wildman–Crippen MR) is 116 cm³/mol. The molecule has 1 N–H and O–H groups in total. The van der Waals surface area contributed by atoms with Crippen LogP contribution < -0.4 is 10.1 Å². The van der Waals surface area contributed by atoms with Crippen molar-refractivity contribution in [2.75, 3.05) is 14.2 Å². The van der Waals surface area contributed by atoms with E-state index in [0.717, 1.165) is 14.5 Å². The highest BCUT2D eigenvalue weighted by molar-refractivity contribution is 9.28. The van der Waals surface area contributed by atoms with Gasteiger partial charge in [0.25, 0.3) is 5.91 Å². The summed E-state index contributed by atoms with van der Waals surface area (Å²) < 4.78 is 6.68. The minimum Gasteiger partial charge on any atom is -0.487 e. The van der Waals surface area contributed by atoms with Crippen LogP contribution in [-0.2, 0) is 16.2 Å². The zero-order valence-electron chi connectivity index (χ0n) is 14.6. The van der Waals surface area contributed by atoms with Gasteiger partial charge in [-0.15, -0.1) is 0 Å². The summed E-state index contributed by atoms with van der Waals surface area (Å²) in [5.74, 6) is 0.184. The molecule has 2 aromatic rings. The Morgan fingerprint density at radius 3 is 2.63 bits per heavy atom. The number of nitrogens with zero attached hydrogens (tertiary/aromatic N) is 1. The molecule has 2 aromatic carbocycles. The largest absolute Gasteiger partial charge is 0.487 e. The number of amides is 1. The van der Waals surface area contributed by atoms with Gasteiger partial charge < -0.3 is 14.9 Å².